The number of methoxy groups -OCH3 is 2. The molecule has 6 heteroatoms. The lowest BCUT2D eigenvalue weighted by molar-refractivity contribution is -0.142. The first-order valence-corrected chi connectivity index (χ1v) is 9.52. The molecular formula is C22H27NO5. The Bertz CT molecular complexity index is 800. The number of hydrogen-bond donors (Lipinski definition) is 1. The predicted octanol–water partition coefficient (Wildman–Crippen LogP) is 3.74. The van der Waals surface area contributed by atoms with Crippen molar-refractivity contribution >= 4 is 5.97 Å². The van der Waals surface area contributed by atoms with Crippen molar-refractivity contribution in [3.8, 4) is 17.2 Å². The van der Waals surface area contributed by atoms with Crippen molar-refractivity contribution in [2.75, 3.05) is 27.4 Å². The Kier molecular flexibility index (Phi) is 6.41. The summed E-state index contributed by atoms with van der Waals surface area (Å²) in [6.07, 6.45) is 1.45. The molecule has 1 aliphatic heterocycles. The molecule has 0 saturated carbocycles. The van der Waals surface area contributed by atoms with Crippen LogP contribution >= 0.6 is 0 Å². The zero-order valence-corrected chi connectivity index (χ0v) is 16.6. The first-order chi connectivity index (χ1) is 13.6. The number of likely N-dealkylation sites (tertiary alicyclic amines) is 1. The van der Waals surface area contributed by atoms with Crippen molar-refractivity contribution in [3.05, 3.63) is 53.6 Å². The van der Waals surface area contributed by atoms with Gasteiger partial charge in [-0.05, 0) is 49.6 Å². The Labute approximate surface area is 165 Å². The van der Waals surface area contributed by atoms with Crippen LogP contribution in [0.1, 0.15) is 36.9 Å². The van der Waals surface area contributed by atoms with E-state index < -0.39 is 12.0 Å². The first-order valence-electron chi connectivity index (χ1n) is 9.52. The van der Waals surface area contributed by atoms with Gasteiger partial charge in [0.2, 0.25) is 0 Å². The summed E-state index contributed by atoms with van der Waals surface area (Å²) in [4.78, 5) is 14.0. The summed E-state index contributed by atoms with van der Waals surface area (Å²) in [6, 6.07) is 12.5. The second-order valence-corrected chi connectivity index (χ2v) is 6.72. The Balaban J connectivity index is 2.19. The van der Waals surface area contributed by atoms with Crippen molar-refractivity contribution in [2.45, 2.75) is 31.8 Å². The van der Waals surface area contributed by atoms with Crippen LogP contribution in [0, 0.1) is 0 Å². The highest BCUT2D eigenvalue weighted by molar-refractivity contribution is 5.74. The summed E-state index contributed by atoms with van der Waals surface area (Å²) in [5.74, 6) is 1.28. The monoisotopic (exact) mass is 385 g/mol. The van der Waals surface area contributed by atoms with Crippen molar-refractivity contribution in [3.63, 3.8) is 0 Å². The van der Waals surface area contributed by atoms with Gasteiger partial charge in [0.1, 0.15) is 23.3 Å². The number of rotatable bonds is 8. The molecule has 2 aromatic rings. The van der Waals surface area contributed by atoms with Gasteiger partial charge in [0.15, 0.2) is 0 Å². The summed E-state index contributed by atoms with van der Waals surface area (Å²) in [6.45, 7) is 3.18. The predicted molar refractivity (Wildman–Crippen MR) is 106 cm³/mol. The zero-order chi connectivity index (χ0) is 20.1. The molecule has 150 valence electrons. The maximum Gasteiger partial charge on any atom is 0.320 e. The molecule has 1 fully saturated rings. The molecule has 1 saturated heterocycles. The van der Waals surface area contributed by atoms with Crippen molar-refractivity contribution in [1.29, 1.82) is 0 Å². The van der Waals surface area contributed by atoms with Gasteiger partial charge >= 0.3 is 5.97 Å². The average Bonchev–Trinajstić information content (AvgIpc) is 3.18. The van der Waals surface area contributed by atoms with E-state index in [1.54, 1.807) is 14.2 Å². The number of aliphatic carboxylic acids is 1. The minimum Gasteiger partial charge on any atom is -0.496 e. The molecule has 1 N–H and O–H groups in total. The zero-order valence-electron chi connectivity index (χ0n) is 16.6. The van der Waals surface area contributed by atoms with Crippen LogP contribution in [0.3, 0.4) is 0 Å². The molecule has 6 nitrogen and oxygen atoms in total. The summed E-state index contributed by atoms with van der Waals surface area (Å²) in [5, 5.41) is 9.79. The van der Waals surface area contributed by atoms with Crippen molar-refractivity contribution in [1.82, 2.24) is 4.90 Å². The van der Waals surface area contributed by atoms with Crippen LogP contribution in [0.25, 0.3) is 0 Å². The number of carboxylic acid groups (broad SMARTS) is 1. The van der Waals surface area contributed by atoms with Gasteiger partial charge in [-0.3, -0.25) is 9.69 Å². The Morgan fingerprint density at radius 1 is 1.18 bits per heavy atom. The molecule has 0 radical (unpaired) electrons. The summed E-state index contributed by atoms with van der Waals surface area (Å²) in [5.41, 5.74) is 1.77. The lowest BCUT2D eigenvalue weighted by Crippen LogP contribution is -2.39. The standard InChI is InChI=1S/C22H27NO5/c1-4-28-16-9-5-8-15(14-16)21(23-13-7-10-17(23)22(24)25)20-18(26-2)11-6-12-19(20)27-3/h5-6,8-9,11-12,14,17,21H,4,7,10,13H2,1-3H3,(H,24,25). The van der Waals surface area contributed by atoms with Gasteiger partial charge in [-0.15, -0.1) is 0 Å². The molecule has 2 aromatic carbocycles. The quantitative estimate of drug-likeness (QED) is 0.747. The fourth-order valence-corrected chi connectivity index (χ4v) is 3.98. The van der Waals surface area contributed by atoms with Crippen molar-refractivity contribution in [2.24, 2.45) is 0 Å². The maximum absolute atomic E-state index is 11.9. The van der Waals surface area contributed by atoms with E-state index >= 15 is 0 Å². The smallest absolute Gasteiger partial charge is 0.320 e. The second kappa shape index (κ2) is 8.97. The fourth-order valence-electron chi connectivity index (χ4n) is 3.98. The van der Waals surface area contributed by atoms with E-state index in [0.29, 0.717) is 31.1 Å². The van der Waals surface area contributed by atoms with Crippen LogP contribution in [0.4, 0.5) is 0 Å². The molecule has 2 atom stereocenters. The average molecular weight is 385 g/mol. The Morgan fingerprint density at radius 2 is 1.86 bits per heavy atom. The van der Waals surface area contributed by atoms with Gasteiger partial charge in [0.05, 0.1) is 32.4 Å². The van der Waals surface area contributed by atoms with Crippen LogP contribution in [-0.4, -0.2) is 49.4 Å². The normalized spacial score (nSPS) is 17.9. The highest BCUT2D eigenvalue weighted by atomic mass is 16.5. The van der Waals surface area contributed by atoms with Crippen LogP contribution in [0.5, 0.6) is 17.2 Å². The summed E-state index contributed by atoms with van der Waals surface area (Å²) in [7, 11) is 3.23. The van der Waals surface area contributed by atoms with E-state index in [4.69, 9.17) is 14.2 Å². The van der Waals surface area contributed by atoms with E-state index in [9.17, 15) is 9.90 Å². The van der Waals surface area contributed by atoms with E-state index in [-0.39, 0.29) is 6.04 Å². The summed E-state index contributed by atoms with van der Waals surface area (Å²) >= 11 is 0. The minimum atomic E-state index is -0.808. The number of hydrogen-bond acceptors (Lipinski definition) is 5. The van der Waals surface area contributed by atoms with Gasteiger partial charge in [-0.25, -0.2) is 0 Å². The van der Waals surface area contributed by atoms with Gasteiger partial charge < -0.3 is 19.3 Å². The highest BCUT2D eigenvalue weighted by Crippen LogP contribution is 2.44. The van der Waals surface area contributed by atoms with Crippen molar-refractivity contribution < 1.29 is 24.1 Å². The number of ether oxygens (including phenoxy) is 3. The third kappa shape index (κ3) is 3.92. The number of nitrogens with zero attached hydrogens (tertiary/aromatic N) is 1. The third-order valence-corrected chi connectivity index (χ3v) is 5.14. The largest absolute Gasteiger partial charge is 0.496 e. The molecule has 0 spiro atoms. The molecule has 0 aromatic heterocycles. The molecular weight excluding hydrogens is 358 g/mol. The molecule has 2 unspecified atom stereocenters. The van der Waals surface area contributed by atoms with Gasteiger partial charge in [-0.1, -0.05) is 18.2 Å². The highest BCUT2D eigenvalue weighted by Gasteiger charge is 2.39. The first kappa shape index (κ1) is 20.0. The van der Waals surface area contributed by atoms with E-state index in [2.05, 4.69) is 0 Å². The number of carboxylic acids is 1. The van der Waals surface area contributed by atoms with Crippen LogP contribution in [0.15, 0.2) is 42.5 Å². The SMILES string of the molecule is CCOc1cccc(C(c2c(OC)cccc2OC)N2CCCC2C(=O)O)c1. The molecule has 3 rings (SSSR count). The van der Waals surface area contributed by atoms with Gasteiger partial charge in [0.25, 0.3) is 0 Å². The molecule has 0 aliphatic carbocycles. The second-order valence-electron chi connectivity index (χ2n) is 6.72. The number of benzene rings is 2. The third-order valence-electron chi connectivity index (χ3n) is 5.14. The van der Waals surface area contributed by atoms with Crippen LogP contribution < -0.4 is 14.2 Å². The van der Waals surface area contributed by atoms with Crippen LogP contribution in [0.2, 0.25) is 0 Å². The van der Waals surface area contributed by atoms with E-state index in [1.165, 1.54) is 0 Å². The lowest BCUT2D eigenvalue weighted by Gasteiger charge is -2.33. The molecule has 28 heavy (non-hydrogen) atoms. The Hall–Kier alpha value is -2.73. The maximum atomic E-state index is 11.9. The van der Waals surface area contributed by atoms with E-state index in [0.717, 1.165) is 23.3 Å². The molecule has 1 heterocycles. The van der Waals surface area contributed by atoms with E-state index in [1.807, 2.05) is 54.3 Å². The molecule has 0 amide bonds. The summed E-state index contributed by atoms with van der Waals surface area (Å²) < 4.78 is 17.0. The van der Waals surface area contributed by atoms with Gasteiger partial charge in [0, 0.05) is 6.54 Å². The minimum absolute atomic E-state index is 0.324. The Morgan fingerprint density at radius 3 is 2.46 bits per heavy atom. The topological polar surface area (TPSA) is 68.2 Å². The molecule has 1 aliphatic rings. The van der Waals surface area contributed by atoms with Crippen LogP contribution in [-0.2, 0) is 4.79 Å². The fraction of sp³-hybridized carbons (Fsp3) is 0.409. The lowest BCUT2D eigenvalue weighted by atomic mass is 9.94. The molecule has 0 bridgehead atoms. The number of carbonyl (C=O) groups is 1. The van der Waals surface area contributed by atoms with Gasteiger partial charge in [-0.2, -0.15) is 0 Å².